The summed E-state index contributed by atoms with van der Waals surface area (Å²) in [6.07, 6.45) is -4.48. The van der Waals surface area contributed by atoms with Crippen LogP contribution < -0.4 is 10.2 Å². The van der Waals surface area contributed by atoms with Crippen LogP contribution in [0.2, 0.25) is 0 Å². The molecule has 1 saturated heterocycles. The first-order valence-corrected chi connectivity index (χ1v) is 9.43. The Kier molecular flexibility index (Phi) is 4.56. The molecule has 2 heterocycles. The molecule has 2 aromatic carbocycles. The number of hydrogen-bond acceptors (Lipinski definition) is 3. The van der Waals surface area contributed by atoms with Crippen molar-refractivity contribution in [2.24, 2.45) is 0 Å². The second-order valence-electron chi connectivity index (χ2n) is 7.15. The number of benzene rings is 2. The van der Waals surface area contributed by atoms with E-state index in [1.165, 1.54) is 21.9 Å². The topological polar surface area (TPSA) is 69.7 Å². The van der Waals surface area contributed by atoms with E-state index in [4.69, 9.17) is 0 Å². The van der Waals surface area contributed by atoms with Crippen LogP contribution in [0.25, 0.3) is 0 Å². The molecule has 0 aromatic heterocycles. The molecule has 0 radical (unpaired) electrons. The average molecular weight is 417 g/mol. The van der Waals surface area contributed by atoms with E-state index in [1.54, 1.807) is 31.2 Å². The first-order valence-electron chi connectivity index (χ1n) is 9.43. The first-order chi connectivity index (χ1) is 14.2. The Hall–Kier alpha value is -3.36. The van der Waals surface area contributed by atoms with E-state index < -0.39 is 29.2 Å². The average Bonchev–Trinajstić information content (AvgIpc) is 3.06. The van der Waals surface area contributed by atoms with E-state index in [-0.39, 0.29) is 31.0 Å². The minimum Gasteiger partial charge on any atom is -0.322 e. The predicted octanol–water partition coefficient (Wildman–Crippen LogP) is 3.64. The summed E-state index contributed by atoms with van der Waals surface area (Å²) in [6.45, 7) is 1.83. The van der Waals surface area contributed by atoms with Crippen molar-refractivity contribution in [3.63, 3.8) is 0 Å². The van der Waals surface area contributed by atoms with Crippen molar-refractivity contribution in [3.05, 3.63) is 59.7 Å². The number of anilines is 2. The molecule has 4 rings (SSSR count). The molecule has 1 N–H and O–H groups in total. The van der Waals surface area contributed by atoms with Gasteiger partial charge < -0.3 is 10.2 Å². The Morgan fingerprint density at radius 1 is 1.13 bits per heavy atom. The number of fused-ring (bicyclic) bond motifs is 3. The van der Waals surface area contributed by atoms with Gasteiger partial charge in [-0.05, 0) is 37.3 Å². The fourth-order valence-electron chi connectivity index (χ4n) is 4.21. The highest BCUT2D eigenvalue weighted by molar-refractivity contribution is 6.18. The Balaban J connectivity index is 1.79. The second-order valence-corrected chi connectivity index (χ2v) is 7.15. The number of carbonyl (C=O) groups excluding carboxylic acids is 3. The van der Waals surface area contributed by atoms with Gasteiger partial charge in [-0.3, -0.25) is 19.3 Å². The van der Waals surface area contributed by atoms with Gasteiger partial charge in [-0.25, -0.2) is 0 Å². The molecule has 0 aliphatic carbocycles. The van der Waals surface area contributed by atoms with Crippen LogP contribution in [0.5, 0.6) is 0 Å². The number of halogens is 3. The Morgan fingerprint density at radius 2 is 1.87 bits per heavy atom. The van der Waals surface area contributed by atoms with E-state index in [1.807, 2.05) is 0 Å². The third kappa shape index (κ3) is 2.84. The van der Waals surface area contributed by atoms with Crippen LogP contribution in [-0.2, 0) is 15.8 Å². The van der Waals surface area contributed by atoms with Gasteiger partial charge in [0.2, 0.25) is 11.6 Å². The van der Waals surface area contributed by atoms with Crippen molar-refractivity contribution >= 4 is 29.1 Å². The molecule has 9 heteroatoms. The molecule has 156 valence electrons. The van der Waals surface area contributed by atoms with Crippen molar-refractivity contribution in [2.75, 3.05) is 16.8 Å². The van der Waals surface area contributed by atoms with E-state index in [0.717, 1.165) is 12.1 Å². The van der Waals surface area contributed by atoms with Crippen molar-refractivity contribution in [2.45, 2.75) is 31.6 Å². The Morgan fingerprint density at radius 3 is 2.57 bits per heavy atom. The standard InChI is InChI=1S/C21H18F3N3O3/c1-2-26-18(29)15-8-3-4-9-16(15)27-17(28)10-11-20(26,27)19(30)25-14-7-5-6-13(12-14)21(22,23)24/h3-9,12H,2,10-11H2,1H3,(H,25,30). The lowest BCUT2D eigenvalue weighted by Gasteiger charge is -2.48. The molecule has 0 bridgehead atoms. The summed E-state index contributed by atoms with van der Waals surface area (Å²) in [5.74, 6) is -1.46. The van der Waals surface area contributed by atoms with Gasteiger partial charge in [0.1, 0.15) is 0 Å². The molecule has 1 fully saturated rings. The smallest absolute Gasteiger partial charge is 0.322 e. The number of para-hydroxylation sites is 1. The van der Waals surface area contributed by atoms with Gasteiger partial charge in [-0.1, -0.05) is 18.2 Å². The fraction of sp³-hybridized carbons (Fsp3) is 0.286. The fourth-order valence-corrected chi connectivity index (χ4v) is 4.21. The summed E-state index contributed by atoms with van der Waals surface area (Å²) in [5, 5.41) is 2.50. The molecular formula is C21H18F3N3O3. The summed E-state index contributed by atoms with van der Waals surface area (Å²) < 4.78 is 39.1. The molecule has 30 heavy (non-hydrogen) atoms. The minimum absolute atomic E-state index is 0.0358. The van der Waals surface area contributed by atoms with Crippen LogP contribution in [0, 0.1) is 0 Å². The SMILES string of the molecule is CCN1C(=O)c2ccccc2N2C(=O)CCC12C(=O)Nc1cccc(C(F)(F)F)c1. The van der Waals surface area contributed by atoms with Crippen LogP contribution in [0.1, 0.15) is 35.7 Å². The Labute approximate surface area is 170 Å². The summed E-state index contributed by atoms with van der Waals surface area (Å²) in [7, 11) is 0. The van der Waals surface area contributed by atoms with Gasteiger partial charge in [0.25, 0.3) is 11.8 Å². The zero-order valence-electron chi connectivity index (χ0n) is 16.0. The van der Waals surface area contributed by atoms with E-state index in [9.17, 15) is 27.6 Å². The van der Waals surface area contributed by atoms with Gasteiger partial charge in [0.05, 0.1) is 16.8 Å². The molecule has 3 amide bonds. The molecule has 2 aliphatic heterocycles. The zero-order chi connectivity index (χ0) is 21.7. The van der Waals surface area contributed by atoms with Gasteiger partial charge in [0, 0.05) is 25.1 Å². The van der Waals surface area contributed by atoms with Gasteiger partial charge >= 0.3 is 6.18 Å². The van der Waals surface area contributed by atoms with Crippen molar-refractivity contribution in [1.82, 2.24) is 4.90 Å². The van der Waals surface area contributed by atoms with Gasteiger partial charge in [-0.2, -0.15) is 13.2 Å². The molecule has 2 aliphatic rings. The quantitative estimate of drug-likeness (QED) is 0.829. The summed E-state index contributed by atoms with van der Waals surface area (Å²) in [4.78, 5) is 41.9. The lowest BCUT2D eigenvalue weighted by atomic mass is 9.95. The van der Waals surface area contributed by atoms with Crippen LogP contribution in [0.15, 0.2) is 48.5 Å². The lowest BCUT2D eigenvalue weighted by Crippen LogP contribution is -2.69. The number of hydrogen-bond donors (Lipinski definition) is 1. The van der Waals surface area contributed by atoms with E-state index in [0.29, 0.717) is 11.3 Å². The van der Waals surface area contributed by atoms with Crippen molar-refractivity contribution in [3.8, 4) is 0 Å². The monoisotopic (exact) mass is 417 g/mol. The molecule has 0 spiro atoms. The van der Waals surface area contributed by atoms with Crippen LogP contribution >= 0.6 is 0 Å². The Bertz CT molecular complexity index is 1050. The minimum atomic E-state index is -4.57. The number of alkyl halides is 3. The van der Waals surface area contributed by atoms with Crippen molar-refractivity contribution in [1.29, 1.82) is 0 Å². The molecule has 2 aromatic rings. The maximum Gasteiger partial charge on any atom is 0.416 e. The highest BCUT2D eigenvalue weighted by Gasteiger charge is 2.60. The number of nitrogens with zero attached hydrogens (tertiary/aromatic N) is 2. The molecule has 1 unspecified atom stereocenters. The van der Waals surface area contributed by atoms with Crippen LogP contribution in [-0.4, -0.2) is 34.8 Å². The first kappa shape index (κ1) is 19.9. The molecule has 1 atom stereocenters. The summed E-state index contributed by atoms with van der Waals surface area (Å²) in [5.41, 5.74) is -1.97. The molecule has 6 nitrogen and oxygen atoms in total. The number of rotatable bonds is 3. The summed E-state index contributed by atoms with van der Waals surface area (Å²) in [6, 6.07) is 10.8. The van der Waals surface area contributed by atoms with E-state index >= 15 is 0 Å². The lowest BCUT2D eigenvalue weighted by molar-refractivity contribution is -0.137. The predicted molar refractivity (Wildman–Crippen MR) is 103 cm³/mol. The van der Waals surface area contributed by atoms with Crippen molar-refractivity contribution < 1.29 is 27.6 Å². The number of nitrogens with one attached hydrogen (secondary N) is 1. The maximum atomic E-state index is 13.4. The van der Waals surface area contributed by atoms with Gasteiger partial charge in [-0.15, -0.1) is 0 Å². The highest BCUT2D eigenvalue weighted by Crippen LogP contribution is 2.45. The zero-order valence-corrected chi connectivity index (χ0v) is 16.0. The number of carbonyl (C=O) groups is 3. The van der Waals surface area contributed by atoms with Crippen LogP contribution in [0.4, 0.5) is 24.5 Å². The number of likely N-dealkylation sites (N-methyl/N-ethyl adjacent to an activating group) is 1. The second kappa shape index (κ2) is 6.86. The third-order valence-corrected chi connectivity index (χ3v) is 5.50. The third-order valence-electron chi connectivity index (χ3n) is 5.50. The molecule has 0 saturated carbocycles. The molecular weight excluding hydrogens is 399 g/mol. The highest BCUT2D eigenvalue weighted by atomic mass is 19.4. The number of amides is 3. The summed E-state index contributed by atoms with van der Waals surface area (Å²) >= 11 is 0. The van der Waals surface area contributed by atoms with Gasteiger partial charge in [0.15, 0.2) is 0 Å². The normalized spacial score (nSPS) is 20.8. The largest absolute Gasteiger partial charge is 0.416 e. The van der Waals surface area contributed by atoms with E-state index in [2.05, 4.69) is 5.32 Å². The maximum absolute atomic E-state index is 13.4. The van der Waals surface area contributed by atoms with Crippen LogP contribution in [0.3, 0.4) is 0 Å².